The minimum Gasteiger partial charge on any atom is -0.475 e. The van der Waals surface area contributed by atoms with Crippen molar-refractivity contribution in [3.8, 4) is 0 Å². The highest BCUT2D eigenvalue weighted by atomic mass is 19.4. The SMILES string of the molecule is Fc1cnc(N2C[C@H]3[C@@H](CCOCc4cccnc4)CO[C@H]3C2)nc1.O=C(O)C(F)(F)F. The van der Waals surface area contributed by atoms with Gasteiger partial charge in [-0.1, -0.05) is 6.07 Å². The first-order valence-corrected chi connectivity index (χ1v) is 9.85. The van der Waals surface area contributed by atoms with Crippen LogP contribution < -0.4 is 4.90 Å². The Labute approximate surface area is 181 Å². The first kappa shape index (κ1) is 23.8. The number of carboxylic acid groups (broad SMARTS) is 1. The number of carboxylic acids is 1. The number of ether oxygens (including phenoxy) is 2. The maximum Gasteiger partial charge on any atom is 0.490 e. The second kappa shape index (κ2) is 10.6. The standard InChI is InChI=1S/C18H21FN4O2.C2HF3O2/c19-15-7-21-18(22-8-15)23-9-16-14(12-25-17(16)10-23)3-5-24-11-13-2-1-4-20-6-13;3-2(4,5)1(6)7/h1-2,4,6-8,14,16-17H,3,5,9-12H2;(H,6,7)/t14-,16-,17-;/m0./s1. The third kappa shape index (κ3) is 6.57. The summed E-state index contributed by atoms with van der Waals surface area (Å²) in [5.41, 5.74) is 1.09. The van der Waals surface area contributed by atoms with Crippen LogP contribution in [-0.2, 0) is 20.9 Å². The monoisotopic (exact) mass is 458 g/mol. The summed E-state index contributed by atoms with van der Waals surface area (Å²) >= 11 is 0. The van der Waals surface area contributed by atoms with Gasteiger partial charge in [-0.2, -0.15) is 13.2 Å². The third-order valence-corrected chi connectivity index (χ3v) is 5.20. The number of anilines is 1. The molecule has 1 N–H and O–H groups in total. The summed E-state index contributed by atoms with van der Waals surface area (Å²) in [6.07, 6.45) is 2.10. The van der Waals surface area contributed by atoms with Crippen LogP contribution in [-0.4, -0.2) is 64.6 Å². The molecule has 2 fully saturated rings. The van der Waals surface area contributed by atoms with E-state index in [0.29, 0.717) is 31.0 Å². The molecule has 3 atom stereocenters. The van der Waals surface area contributed by atoms with Crippen LogP contribution in [0.15, 0.2) is 36.9 Å². The smallest absolute Gasteiger partial charge is 0.475 e. The highest BCUT2D eigenvalue weighted by Crippen LogP contribution is 2.36. The normalized spacial score (nSPS) is 22.2. The molecule has 0 amide bonds. The van der Waals surface area contributed by atoms with Gasteiger partial charge < -0.3 is 19.5 Å². The van der Waals surface area contributed by atoms with Crippen LogP contribution in [0.3, 0.4) is 0 Å². The fraction of sp³-hybridized carbons (Fsp3) is 0.500. The first-order valence-electron chi connectivity index (χ1n) is 9.85. The molecule has 0 aromatic carbocycles. The van der Waals surface area contributed by atoms with Crippen LogP contribution in [0.25, 0.3) is 0 Å². The minimum absolute atomic E-state index is 0.206. The molecule has 4 heterocycles. The highest BCUT2D eigenvalue weighted by molar-refractivity contribution is 5.73. The number of fused-ring (bicyclic) bond motifs is 1. The number of hydrogen-bond donors (Lipinski definition) is 1. The summed E-state index contributed by atoms with van der Waals surface area (Å²) in [4.78, 5) is 23.2. The van der Waals surface area contributed by atoms with Crippen molar-refractivity contribution < 1.29 is 36.9 Å². The molecule has 0 spiro atoms. The average molecular weight is 458 g/mol. The van der Waals surface area contributed by atoms with Crippen LogP contribution in [0.4, 0.5) is 23.5 Å². The molecule has 32 heavy (non-hydrogen) atoms. The molecule has 2 aromatic rings. The Morgan fingerprint density at radius 1 is 1.25 bits per heavy atom. The molecule has 0 aliphatic carbocycles. The highest BCUT2D eigenvalue weighted by Gasteiger charge is 2.44. The Morgan fingerprint density at radius 2 is 1.97 bits per heavy atom. The predicted octanol–water partition coefficient (Wildman–Crippen LogP) is 2.70. The van der Waals surface area contributed by atoms with E-state index in [2.05, 4.69) is 19.9 Å². The van der Waals surface area contributed by atoms with Gasteiger partial charge in [0.2, 0.25) is 5.95 Å². The van der Waals surface area contributed by atoms with Crippen LogP contribution in [0.5, 0.6) is 0 Å². The molecular formula is C20H22F4N4O4. The number of halogens is 4. The predicted molar refractivity (Wildman–Crippen MR) is 103 cm³/mol. The molecule has 0 saturated carbocycles. The lowest BCUT2D eigenvalue weighted by molar-refractivity contribution is -0.192. The lowest BCUT2D eigenvalue weighted by Crippen LogP contribution is -2.26. The van der Waals surface area contributed by atoms with Gasteiger partial charge in [-0.05, 0) is 24.0 Å². The molecule has 12 heteroatoms. The second-order valence-electron chi connectivity index (χ2n) is 7.41. The van der Waals surface area contributed by atoms with E-state index in [4.69, 9.17) is 19.4 Å². The molecule has 0 unspecified atom stereocenters. The molecule has 8 nitrogen and oxygen atoms in total. The van der Waals surface area contributed by atoms with Gasteiger partial charge in [0.05, 0.1) is 31.7 Å². The largest absolute Gasteiger partial charge is 0.490 e. The van der Waals surface area contributed by atoms with Gasteiger partial charge >= 0.3 is 12.1 Å². The first-order chi connectivity index (χ1) is 15.2. The van der Waals surface area contributed by atoms with Crippen molar-refractivity contribution >= 4 is 11.9 Å². The summed E-state index contributed by atoms with van der Waals surface area (Å²) in [6.45, 7) is 3.70. The molecular weight excluding hydrogens is 436 g/mol. The van der Waals surface area contributed by atoms with E-state index in [1.807, 2.05) is 18.3 Å². The van der Waals surface area contributed by atoms with Crippen LogP contribution in [0.2, 0.25) is 0 Å². The third-order valence-electron chi connectivity index (χ3n) is 5.20. The lowest BCUT2D eigenvalue weighted by Gasteiger charge is -2.19. The summed E-state index contributed by atoms with van der Waals surface area (Å²) in [6, 6.07) is 3.93. The molecule has 2 aromatic heterocycles. The Balaban J connectivity index is 0.000000360. The maximum absolute atomic E-state index is 13.0. The summed E-state index contributed by atoms with van der Waals surface area (Å²) in [7, 11) is 0. The van der Waals surface area contributed by atoms with Crippen molar-refractivity contribution in [2.75, 3.05) is 31.2 Å². The zero-order valence-electron chi connectivity index (χ0n) is 16.9. The van der Waals surface area contributed by atoms with Crippen LogP contribution in [0.1, 0.15) is 12.0 Å². The molecule has 2 saturated heterocycles. The van der Waals surface area contributed by atoms with E-state index in [1.165, 1.54) is 12.4 Å². The van der Waals surface area contributed by atoms with Crippen molar-refractivity contribution in [2.45, 2.75) is 25.3 Å². The summed E-state index contributed by atoms with van der Waals surface area (Å²) in [5, 5.41) is 7.12. The van der Waals surface area contributed by atoms with Gasteiger partial charge in [0, 0.05) is 38.0 Å². The Bertz CT molecular complexity index is 870. The molecule has 4 rings (SSSR count). The van der Waals surface area contributed by atoms with Gasteiger partial charge in [0.15, 0.2) is 5.82 Å². The van der Waals surface area contributed by atoms with Crippen molar-refractivity contribution in [3.05, 3.63) is 48.3 Å². The van der Waals surface area contributed by atoms with Crippen molar-refractivity contribution in [1.82, 2.24) is 15.0 Å². The quantitative estimate of drug-likeness (QED) is 0.521. The Kier molecular flexibility index (Phi) is 7.91. The average Bonchev–Trinajstić information content (AvgIpc) is 3.34. The Morgan fingerprint density at radius 3 is 2.59 bits per heavy atom. The zero-order valence-corrected chi connectivity index (χ0v) is 16.9. The summed E-state index contributed by atoms with van der Waals surface area (Å²) < 4.78 is 56.4. The van der Waals surface area contributed by atoms with Gasteiger partial charge in [0.25, 0.3) is 0 Å². The van der Waals surface area contributed by atoms with Gasteiger partial charge in [0.1, 0.15) is 0 Å². The molecule has 2 aliphatic rings. The van der Waals surface area contributed by atoms with E-state index in [9.17, 15) is 17.6 Å². The number of aromatic nitrogens is 3. The van der Waals surface area contributed by atoms with E-state index in [0.717, 1.165) is 31.7 Å². The van der Waals surface area contributed by atoms with Crippen molar-refractivity contribution in [3.63, 3.8) is 0 Å². The van der Waals surface area contributed by atoms with E-state index < -0.39 is 18.0 Å². The topological polar surface area (TPSA) is 97.7 Å². The molecule has 0 bridgehead atoms. The number of alkyl halides is 3. The number of hydrogen-bond acceptors (Lipinski definition) is 7. The fourth-order valence-electron chi connectivity index (χ4n) is 3.64. The number of rotatable bonds is 6. The van der Waals surface area contributed by atoms with Crippen molar-refractivity contribution in [1.29, 1.82) is 0 Å². The number of carbonyl (C=O) groups is 1. The number of aliphatic carboxylic acids is 1. The van der Waals surface area contributed by atoms with E-state index in [1.54, 1.807) is 6.20 Å². The number of nitrogens with zero attached hydrogens (tertiary/aromatic N) is 4. The lowest BCUT2D eigenvalue weighted by atomic mass is 9.91. The fourth-order valence-corrected chi connectivity index (χ4v) is 3.64. The molecule has 174 valence electrons. The van der Waals surface area contributed by atoms with Gasteiger partial charge in [-0.15, -0.1) is 0 Å². The van der Waals surface area contributed by atoms with Gasteiger partial charge in [-0.3, -0.25) is 4.98 Å². The molecule has 0 radical (unpaired) electrons. The molecule has 2 aliphatic heterocycles. The zero-order chi connectivity index (χ0) is 23.1. The van der Waals surface area contributed by atoms with Crippen LogP contribution in [0, 0.1) is 17.7 Å². The van der Waals surface area contributed by atoms with E-state index in [-0.39, 0.29) is 6.10 Å². The maximum atomic E-state index is 13.0. The number of pyridine rings is 1. The van der Waals surface area contributed by atoms with Gasteiger partial charge in [-0.25, -0.2) is 19.2 Å². The van der Waals surface area contributed by atoms with E-state index >= 15 is 0 Å². The van der Waals surface area contributed by atoms with Crippen molar-refractivity contribution in [2.24, 2.45) is 11.8 Å². The minimum atomic E-state index is -5.08. The van der Waals surface area contributed by atoms with Crippen LogP contribution >= 0.6 is 0 Å². The second-order valence-corrected chi connectivity index (χ2v) is 7.41. The summed E-state index contributed by atoms with van der Waals surface area (Å²) in [5.74, 6) is -1.67. The Hall–Kier alpha value is -2.86.